The zero-order chi connectivity index (χ0) is 16.1. The molecule has 1 aromatic carbocycles. The summed E-state index contributed by atoms with van der Waals surface area (Å²) >= 11 is 0. The Bertz CT molecular complexity index is 613. The molecule has 2 aromatic rings. The Labute approximate surface area is 138 Å². The molecule has 3 rings (SSSR count). The highest BCUT2D eigenvalue weighted by Crippen LogP contribution is 2.30. The SMILES string of the molecule is Cc1cc(COc2ccc(CCCO)cc2)n(C2CCCC2)n1. The minimum absolute atomic E-state index is 0.239. The van der Waals surface area contributed by atoms with Crippen LogP contribution in [0.25, 0.3) is 0 Å². The molecule has 1 heterocycles. The van der Waals surface area contributed by atoms with Crippen LogP contribution in [0.3, 0.4) is 0 Å². The zero-order valence-corrected chi connectivity index (χ0v) is 13.9. The van der Waals surface area contributed by atoms with Gasteiger partial charge in [-0.1, -0.05) is 25.0 Å². The van der Waals surface area contributed by atoms with E-state index in [2.05, 4.69) is 28.0 Å². The molecular weight excluding hydrogens is 288 g/mol. The Morgan fingerprint density at radius 3 is 2.65 bits per heavy atom. The molecule has 0 bridgehead atoms. The molecular formula is C19H26N2O2. The average Bonchev–Trinajstić information content (AvgIpc) is 3.21. The first kappa shape index (κ1) is 16.1. The Hall–Kier alpha value is -1.81. The van der Waals surface area contributed by atoms with Crippen LogP contribution in [-0.4, -0.2) is 21.5 Å². The molecule has 0 atom stereocenters. The number of ether oxygens (including phenoxy) is 1. The largest absolute Gasteiger partial charge is 0.487 e. The van der Waals surface area contributed by atoms with Crippen LogP contribution in [0.4, 0.5) is 0 Å². The maximum Gasteiger partial charge on any atom is 0.130 e. The monoisotopic (exact) mass is 314 g/mol. The first-order chi connectivity index (χ1) is 11.3. The van der Waals surface area contributed by atoms with E-state index < -0.39 is 0 Å². The van der Waals surface area contributed by atoms with E-state index in [1.807, 2.05) is 19.1 Å². The van der Waals surface area contributed by atoms with E-state index >= 15 is 0 Å². The number of hydrogen-bond acceptors (Lipinski definition) is 3. The summed E-state index contributed by atoms with van der Waals surface area (Å²) in [5, 5.41) is 13.5. The van der Waals surface area contributed by atoms with Gasteiger partial charge in [0, 0.05) is 6.61 Å². The van der Waals surface area contributed by atoms with E-state index in [4.69, 9.17) is 9.84 Å². The Morgan fingerprint density at radius 1 is 1.22 bits per heavy atom. The van der Waals surface area contributed by atoms with E-state index in [0.717, 1.165) is 24.3 Å². The summed E-state index contributed by atoms with van der Waals surface area (Å²) in [6, 6.07) is 10.8. The number of aliphatic hydroxyl groups is 1. The van der Waals surface area contributed by atoms with Crippen LogP contribution in [0.5, 0.6) is 5.75 Å². The lowest BCUT2D eigenvalue weighted by atomic mass is 10.1. The molecule has 1 aromatic heterocycles. The number of aromatic nitrogens is 2. The van der Waals surface area contributed by atoms with E-state index in [9.17, 15) is 0 Å². The molecule has 1 aliphatic rings. The molecule has 4 nitrogen and oxygen atoms in total. The summed E-state index contributed by atoms with van der Waals surface area (Å²) < 4.78 is 8.13. The van der Waals surface area contributed by atoms with Crippen LogP contribution in [0.2, 0.25) is 0 Å². The molecule has 0 spiro atoms. The molecule has 4 heteroatoms. The molecule has 124 valence electrons. The van der Waals surface area contributed by atoms with Crippen molar-refractivity contribution < 1.29 is 9.84 Å². The van der Waals surface area contributed by atoms with Gasteiger partial charge in [0.15, 0.2) is 0 Å². The van der Waals surface area contributed by atoms with Crippen LogP contribution >= 0.6 is 0 Å². The van der Waals surface area contributed by atoms with Gasteiger partial charge in [0.05, 0.1) is 17.4 Å². The van der Waals surface area contributed by atoms with E-state index in [1.54, 1.807) is 0 Å². The number of rotatable bonds is 7. The Morgan fingerprint density at radius 2 is 1.96 bits per heavy atom. The smallest absolute Gasteiger partial charge is 0.130 e. The summed E-state index contributed by atoms with van der Waals surface area (Å²) in [5.41, 5.74) is 3.46. The third-order valence-corrected chi connectivity index (χ3v) is 4.54. The third kappa shape index (κ3) is 4.14. The first-order valence-electron chi connectivity index (χ1n) is 8.64. The number of benzene rings is 1. The minimum atomic E-state index is 0.239. The molecule has 23 heavy (non-hydrogen) atoms. The molecule has 0 saturated heterocycles. The van der Waals surface area contributed by atoms with Gasteiger partial charge in [-0.25, -0.2) is 0 Å². The summed E-state index contributed by atoms with van der Waals surface area (Å²) in [6.45, 7) is 2.85. The quantitative estimate of drug-likeness (QED) is 0.845. The maximum absolute atomic E-state index is 8.88. The summed E-state index contributed by atoms with van der Waals surface area (Å²) in [6.07, 6.45) is 6.78. The fourth-order valence-corrected chi connectivity index (χ4v) is 3.34. The van der Waals surface area contributed by atoms with Gasteiger partial charge < -0.3 is 9.84 Å². The lowest BCUT2D eigenvalue weighted by Gasteiger charge is -2.15. The highest BCUT2D eigenvalue weighted by molar-refractivity contribution is 5.27. The van der Waals surface area contributed by atoms with E-state index in [1.165, 1.54) is 36.9 Å². The second-order valence-electron chi connectivity index (χ2n) is 6.42. The molecule has 1 aliphatic carbocycles. The van der Waals surface area contributed by atoms with Crippen LogP contribution < -0.4 is 4.74 Å². The summed E-state index contributed by atoms with van der Waals surface area (Å²) in [7, 11) is 0. The van der Waals surface area contributed by atoms with Gasteiger partial charge in [-0.05, 0) is 56.4 Å². The highest BCUT2D eigenvalue weighted by atomic mass is 16.5. The van der Waals surface area contributed by atoms with Gasteiger partial charge in [-0.3, -0.25) is 4.68 Å². The Kier molecular flexibility index (Phi) is 5.34. The van der Waals surface area contributed by atoms with Gasteiger partial charge >= 0.3 is 0 Å². The van der Waals surface area contributed by atoms with E-state index in [-0.39, 0.29) is 6.61 Å². The second kappa shape index (κ2) is 7.64. The minimum Gasteiger partial charge on any atom is -0.487 e. The Balaban J connectivity index is 1.61. The fraction of sp³-hybridized carbons (Fsp3) is 0.526. The molecule has 1 N–H and O–H groups in total. The molecule has 1 saturated carbocycles. The van der Waals surface area contributed by atoms with Crippen molar-refractivity contribution in [2.45, 2.75) is 58.1 Å². The van der Waals surface area contributed by atoms with Crippen LogP contribution in [0.1, 0.15) is 55.1 Å². The second-order valence-corrected chi connectivity index (χ2v) is 6.42. The number of aliphatic hydroxyl groups excluding tert-OH is 1. The highest BCUT2D eigenvalue weighted by Gasteiger charge is 2.20. The summed E-state index contributed by atoms with van der Waals surface area (Å²) in [4.78, 5) is 0. The topological polar surface area (TPSA) is 47.3 Å². The fourth-order valence-electron chi connectivity index (χ4n) is 3.34. The van der Waals surface area contributed by atoms with Crippen molar-refractivity contribution in [1.82, 2.24) is 9.78 Å². The van der Waals surface area contributed by atoms with Crippen LogP contribution in [-0.2, 0) is 13.0 Å². The van der Waals surface area contributed by atoms with Crippen molar-refractivity contribution in [3.63, 3.8) is 0 Å². The lowest BCUT2D eigenvalue weighted by molar-refractivity contribution is 0.283. The van der Waals surface area contributed by atoms with Crippen molar-refractivity contribution >= 4 is 0 Å². The normalized spacial score (nSPS) is 15.2. The van der Waals surface area contributed by atoms with Crippen molar-refractivity contribution in [1.29, 1.82) is 0 Å². The molecule has 1 fully saturated rings. The predicted molar refractivity (Wildman–Crippen MR) is 90.6 cm³/mol. The van der Waals surface area contributed by atoms with Crippen molar-refractivity contribution in [2.75, 3.05) is 6.61 Å². The van der Waals surface area contributed by atoms with Crippen LogP contribution in [0.15, 0.2) is 30.3 Å². The predicted octanol–water partition coefficient (Wildman–Crippen LogP) is 3.81. The molecule has 0 aliphatic heterocycles. The average molecular weight is 314 g/mol. The number of aryl methyl sites for hydroxylation is 2. The standard InChI is InChI=1S/C19H26N2O2/c1-15-13-18(21(20-15)17-6-2-3-7-17)14-23-19-10-8-16(9-11-19)5-4-12-22/h8-11,13,17,22H,2-7,12,14H2,1H3. The molecule has 0 radical (unpaired) electrons. The van der Waals surface area contributed by atoms with Crippen molar-refractivity contribution in [3.05, 3.63) is 47.3 Å². The van der Waals surface area contributed by atoms with Gasteiger partial charge in [0.1, 0.15) is 12.4 Å². The maximum atomic E-state index is 8.88. The van der Waals surface area contributed by atoms with Gasteiger partial charge in [0.2, 0.25) is 0 Å². The first-order valence-corrected chi connectivity index (χ1v) is 8.64. The number of hydrogen-bond donors (Lipinski definition) is 1. The van der Waals surface area contributed by atoms with Gasteiger partial charge in [0.25, 0.3) is 0 Å². The lowest BCUT2D eigenvalue weighted by Crippen LogP contribution is -2.12. The third-order valence-electron chi connectivity index (χ3n) is 4.54. The van der Waals surface area contributed by atoms with Gasteiger partial charge in [-0.2, -0.15) is 5.10 Å². The van der Waals surface area contributed by atoms with Crippen molar-refractivity contribution in [2.24, 2.45) is 0 Å². The zero-order valence-electron chi connectivity index (χ0n) is 13.9. The molecule has 0 unspecified atom stereocenters. The van der Waals surface area contributed by atoms with Crippen molar-refractivity contribution in [3.8, 4) is 5.75 Å². The van der Waals surface area contributed by atoms with E-state index in [0.29, 0.717) is 12.6 Å². The number of nitrogens with zero attached hydrogens (tertiary/aromatic N) is 2. The molecule has 0 amide bonds. The van der Waals surface area contributed by atoms with Gasteiger partial charge in [-0.15, -0.1) is 0 Å². The van der Waals surface area contributed by atoms with Crippen LogP contribution in [0, 0.1) is 6.92 Å². The summed E-state index contributed by atoms with van der Waals surface area (Å²) in [5.74, 6) is 0.884.